The fourth-order valence-corrected chi connectivity index (χ4v) is 6.50. The minimum absolute atomic E-state index is 0.0532. The Labute approximate surface area is 119 Å². The van der Waals surface area contributed by atoms with Crippen molar-refractivity contribution in [1.82, 2.24) is 0 Å². The Kier molecular flexibility index (Phi) is 2.64. The molecule has 6 heteroatoms. The molecule has 4 nitrogen and oxygen atoms in total. The zero-order chi connectivity index (χ0) is 13.9. The van der Waals surface area contributed by atoms with Gasteiger partial charge in [0.15, 0.2) is 9.84 Å². The normalized spacial score (nSPS) is 32.3. The van der Waals surface area contributed by atoms with E-state index in [2.05, 4.69) is 15.9 Å². The second kappa shape index (κ2) is 3.82. The van der Waals surface area contributed by atoms with Gasteiger partial charge in [-0.1, -0.05) is 12.1 Å². The summed E-state index contributed by atoms with van der Waals surface area (Å²) in [6.07, 6.45) is 1.50. The van der Waals surface area contributed by atoms with Gasteiger partial charge < -0.3 is 5.11 Å². The van der Waals surface area contributed by atoms with Crippen LogP contribution in [0.4, 0.5) is 0 Å². The number of hydrogen-bond acceptors (Lipinski definition) is 3. The second-order valence-electron chi connectivity index (χ2n) is 5.81. The number of rotatable bonds is 4. The van der Waals surface area contributed by atoms with Crippen LogP contribution in [-0.4, -0.2) is 25.2 Å². The summed E-state index contributed by atoms with van der Waals surface area (Å²) in [5, 5.41) is 9.05. The first-order valence-electron chi connectivity index (χ1n) is 6.00. The van der Waals surface area contributed by atoms with Gasteiger partial charge in [-0.2, -0.15) is 0 Å². The third-order valence-corrected chi connectivity index (χ3v) is 7.23. The van der Waals surface area contributed by atoms with Crippen molar-refractivity contribution in [2.75, 3.05) is 5.75 Å². The predicted octanol–water partition coefficient (Wildman–Crippen LogP) is 2.48. The van der Waals surface area contributed by atoms with Crippen molar-refractivity contribution in [3.63, 3.8) is 0 Å². The molecule has 1 N–H and O–H groups in total. The van der Waals surface area contributed by atoms with Gasteiger partial charge in [0.05, 0.1) is 16.1 Å². The summed E-state index contributed by atoms with van der Waals surface area (Å²) in [6, 6.07) is 6.74. The minimum Gasteiger partial charge on any atom is -0.481 e. The van der Waals surface area contributed by atoms with Crippen LogP contribution in [-0.2, 0) is 14.6 Å². The molecule has 0 radical (unpaired) electrons. The Hall–Kier alpha value is -0.880. The molecule has 0 aliphatic heterocycles. The van der Waals surface area contributed by atoms with Crippen LogP contribution in [0.15, 0.2) is 33.6 Å². The monoisotopic (exact) mass is 344 g/mol. The Morgan fingerprint density at radius 2 is 1.84 bits per heavy atom. The first-order chi connectivity index (χ1) is 8.79. The predicted molar refractivity (Wildman–Crippen MR) is 72.5 cm³/mol. The van der Waals surface area contributed by atoms with Crippen molar-refractivity contribution in [2.45, 2.75) is 24.2 Å². The quantitative estimate of drug-likeness (QED) is 0.910. The summed E-state index contributed by atoms with van der Waals surface area (Å²) in [7, 11) is -3.36. The summed E-state index contributed by atoms with van der Waals surface area (Å²) in [6.45, 7) is 0. The Morgan fingerprint density at radius 1 is 1.26 bits per heavy atom. The molecular weight excluding hydrogens is 332 g/mol. The highest BCUT2D eigenvalue weighted by Gasteiger charge is 2.72. The maximum Gasteiger partial charge on any atom is 0.309 e. The molecule has 0 atom stereocenters. The Balaban J connectivity index is 1.79. The smallest absolute Gasteiger partial charge is 0.309 e. The minimum atomic E-state index is -3.36. The number of sulfone groups is 1. The molecule has 2 bridgehead atoms. The van der Waals surface area contributed by atoms with E-state index in [0.717, 1.165) is 0 Å². The van der Waals surface area contributed by atoms with E-state index >= 15 is 0 Å². The van der Waals surface area contributed by atoms with E-state index in [1.807, 2.05) is 0 Å². The van der Waals surface area contributed by atoms with E-state index in [1.165, 1.54) is 0 Å². The van der Waals surface area contributed by atoms with E-state index in [4.69, 9.17) is 5.11 Å². The molecule has 3 aliphatic rings. The first-order valence-corrected chi connectivity index (χ1v) is 8.44. The summed E-state index contributed by atoms with van der Waals surface area (Å²) in [5.74, 6) is -0.731. The third kappa shape index (κ3) is 1.84. The third-order valence-electron chi connectivity index (χ3n) is 4.26. The van der Waals surface area contributed by atoms with Crippen molar-refractivity contribution in [3.8, 4) is 0 Å². The highest BCUT2D eigenvalue weighted by atomic mass is 79.9. The number of halogens is 1. The summed E-state index contributed by atoms with van der Waals surface area (Å²) in [5.41, 5.74) is -0.921. The number of aliphatic carboxylic acids is 1. The van der Waals surface area contributed by atoms with Gasteiger partial charge in [-0.05, 0) is 52.7 Å². The van der Waals surface area contributed by atoms with Crippen LogP contribution >= 0.6 is 15.9 Å². The summed E-state index contributed by atoms with van der Waals surface area (Å²) in [4.78, 5) is 11.3. The summed E-state index contributed by atoms with van der Waals surface area (Å²) >= 11 is 3.25. The largest absolute Gasteiger partial charge is 0.481 e. The molecular formula is C13H13BrO4S. The number of benzene rings is 1. The first kappa shape index (κ1) is 13.1. The molecule has 0 heterocycles. The van der Waals surface area contributed by atoms with Crippen LogP contribution in [0.5, 0.6) is 0 Å². The zero-order valence-electron chi connectivity index (χ0n) is 10.1. The molecule has 4 rings (SSSR count). The lowest BCUT2D eigenvalue weighted by Gasteiger charge is -2.68. The fraction of sp³-hybridized carbons (Fsp3) is 0.462. The number of carboxylic acid groups (broad SMARTS) is 1. The van der Waals surface area contributed by atoms with Gasteiger partial charge in [0.2, 0.25) is 0 Å². The van der Waals surface area contributed by atoms with Crippen molar-refractivity contribution in [2.24, 2.45) is 10.8 Å². The molecule has 3 aliphatic carbocycles. The average Bonchev–Trinajstić information content (AvgIpc) is 2.21. The van der Waals surface area contributed by atoms with E-state index < -0.39 is 21.2 Å². The lowest BCUT2D eigenvalue weighted by Crippen LogP contribution is -2.67. The molecule has 0 saturated heterocycles. The van der Waals surface area contributed by atoms with E-state index in [9.17, 15) is 13.2 Å². The molecule has 0 spiro atoms. The maximum atomic E-state index is 12.4. The zero-order valence-corrected chi connectivity index (χ0v) is 12.5. The molecule has 102 valence electrons. The Morgan fingerprint density at radius 3 is 2.37 bits per heavy atom. The van der Waals surface area contributed by atoms with Gasteiger partial charge in [-0.3, -0.25) is 4.79 Å². The van der Waals surface area contributed by atoms with Crippen LogP contribution < -0.4 is 0 Å². The number of hydrogen-bond donors (Lipinski definition) is 1. The van der Waals surface area contributed by atoms with Crippen LogP contribution in [0.25, 0.3) is 0 Å². The molecule has 1 aromatic rings. The molecule has 0 unspecified atom stereocenters. The van der Waals surface area contributed by atoms with Crippen LogP contribution in [0.1, 0.15) is 19.3 Å². The van der Waals surface area contributed by atoms with E-state index in [0.29, 0.717) is 28.6 Å². The molecule has 1 aromatic carbocycles. The lowest BCUT2D eigenvalue weighted by atomic mass is 9.36. The van der Waals surface area contributed by atoms with Crippen LogP contribution in [0.3, 0.4) is 0 Å². The number of carboxylic acids is 1. The lowest BCUT2D eigenvalue weighted by molar-refractivity contribution is -0.214. The maximum absolute atomic E-state index is 12.4. The van der Waals surface area contributed by atoms with Gasteiger partial charge in [-0.25, -0.2) is 8.42 Å². The van der Waals surface area contributed by atoms with Gasteiger partial charge >= 0.3 is 5.97 Å². The van der Waals surface area contributed by atoms with Crippen LogP contribution in [0, 0.1) is 10.8 Å². The van der Waals surface area contributed by atoms with Gasteiger partial charge in [0.1, 0.15) is 0 Å². The van der Waals surface area contributed by atoms with Gasteiger partial charge in [0.25, 0.3) is 0 Å². The molecule has 19 heavy (non-hydrogen) atoms. The van der Waals surface area contributed by atoms with Crippen LogP contribution in [0.2, 0.25) is 0 Å². The second-order valence-corrected chi connectivity index (χ2v) is 8.62. The number of carbonyl (C=O) groups is 1. The molecule has 0 amide bonds. The van der Waals surface area contributed by atoms with E-state index in [-0.39, 0.29) is 11.2 Å². The standard InChI is InChI=1S/C13H13BrO4S/c14-9-3-1-2-4-10(9)19(17,18)8-12-5-13(6-12,7-12)11(15)16/h1-4H,5-8H2,(H,15,16). The van der Waals surface area contributed by atoms with Gasteiger partial charge in [0, 0.05) is 4.47 Å². The van der Waals surface area contributed by atoms with Crippen molar-refractivity contribution < 1.29 is 18.3 Å². The molecule has 3 saturated carbocycles. The molecule has 3 fully saturated rings. The topological polar surface area (TPSA) is 71.4 Å². The van der Waals surface area contributed by atoms with Crippen molar-refractivity contribution in [3.05, 3.63) is 28.7 Å². The van der Waals surface area contributed by atoms with Gasteiger partial charge in [-0.15, -0.1) is 0 Å². The summed E-state index contributed by atoms with van der Waals surface area (Å²) < 4.78 is 25.3. The molecule has 0 aromatic heterocycles. The SMILES string of the molecule is O=C(O)C12CC(CS(=O)(=O)c3ccccc3Br)(C1)C2. The van der Waals surface area contributed by atoms with Crippen molar-refractivity contribution in [1.29, 1.82) is 0 Å². The highest BCUT2D eigenvalue weighted by Crippen LogP contribution is 2.73. The highest BCUT2D eigenvalue weighted by molar-refractivity contribution is 9.10. The van der Waals surface area contributed by atoms with E-state index in [1.54, 1.807) is 24.3 Å². The average molecular weight is 345 g/mol. The Bertz CT molecular complexity index is 645. The fourth-order valence-electron chi connectivity index (χ4n) is 3.56. The van der Waals surface area contributed by atoms with Crippen molar-refractivity contribution >= 4 is 31.7 Å².